The molecule has 3 heteroatoms. The molecule has 2 heterocycles. The van der Waals surface area contributed by atoms with Gasteiger partial charge in [-0.2, -0.15) is 5.32 Å². The van der Waals surface area contributed by atoms with Crippen molar-refractivity contribution in [3.63, 3.8) is 0 Å². The van der Waals surface area contributed by atoms with E-state index < -0.39 is 0 Å². The first-order valence-electron chi connectivity index (χ1n) is 5.45. The molecule has 3 rings (SSSR count). The van der Waals surface area contributed by atoms with Gasteiger partial charge in [-0.05, 0) is 41.1 Å². The minimum atomic E-state index is 0.899. The highest BCUT2D eigenvalue weighted by Gasteiger charge is 2.17. The summed E-state index contributed by atoms with van der Waals surface area (Å²) in [6.45, 7) is 0. The molecule has 0 atom stereocenters. The van der Waals surface area contributed by atoms with Crippen LogP contribution in [0.2, 0.25) is 0 Å². The van der Waals surface area contributed by atoms with E-state index in [4.69, 9.17) is 0 Å². The summed E-state index contributed by atoms with van der Waals surface area (Å²) in [5.41, 5.74) is 4.90. The van der Waals surface area contributed by atoms with Crippen molar-refractivity contribution in [3.8, 4) is 0 Å². The first kappa shape index (κ1) is 9.25. The van der Waals surface area contributed by atoms with Gasteiger partial charge < -0.3 is 0 Å². The summed E-state index contributed by atoms with van der Waals surface area (Å²) >= 11 is 0. The zero-order valence-corrected chi connectivity index (χ0v) is 8.90. The Morgan fingerprint density at radius 2 is 2.38 bits per heavy atom. The van der Waals surface area contributed by atoms with Crippen molar-refractivity contribution in [2.75, 3.05) is 0 Å². The molecule has 0 unspecified atom stereocenters. The van der Waals surface area contributed by atoms with Crippen molar-refractivity contribution < 1.29 is 0 Å². The van der Waals surface area contributed by atoms with Crippen molar-refractivity contribution in [3.05, 3.63) is 47.1 Å². The summed E-state index contributed by atoms with van der Waals surface area (Å²) < 4.78 is 0. The van der Waals surface area contributed by atoms with Crippen LogP contribution in [0.4, 0.5) is 0 Å². The van der Waals surface area contributed by atoms with Gasteiger partial charge in [-0.1, -0.05) is 6.07 Å². The number of aryl methyl sites for hydroxylation is 1. The Morgan fingerprint density at radius 3 is 3.25 bits per heavy atom. The average Bonchev–Trinajstić information content (AvgIpc) is 2.82. The van der Waals surface area contributed by atoms with Gasteiger partial charge >= 0.3 is 0 Å². The highest BCUT2D eigenvalue weighted by Crippen LogP contribution is 2.26. The molecule has 3 nitrogen and oxygen atoms in total. The maximum absolute atomic E-state index is 4.39. The lowest BCUT2D eigenvalue weighted by atomic mass is 9.93. The van der Waals surface area contributed by atoms with E-state index >= 15 is 0 Å². The van der Waals surface area contributed by atoms with Crippen molar-refractivity contribution in [1.29, 1.82) is 0 Å². The number of rotatable bonds is 2. The van der Waals surface area contributed by atoms with E-state index in [9.17, 15) is 0 Å². The Balaban J connectivity index is 1.83. The van der Waals surface area contributed by atoms with Crippen molar-refractivity contribution in [2.45, 2.75) is 19.3 Å². The molecule has 1 aromatic heterocycles. The number of pyridine rings is 1. The molecule has 0 spiro atoms. The second-order valence-corrected chi connectivity index (χ2v) is 4.03. The summed E-state index contributed by atoms with van der Waals surface area (Å²) in [7, 11) is 0. The number of hydrogen-bond acceptors (Lipinski definition) is 3. The zero-order chi connectivity index (χ0) is 10.8. The van der Waals surface area contributed by atoms with Gasteiger partial charge in [-0.3, -0.25) is 4.98 Å². The molecule has 1 aliphatic heterocycles. The number of hydrogen-bond donors (Lipinski definition) is 1. The highest BCUT2D eigenvalue weighted by molar-refractivity contribution is 5.62. The van der Waals surface area contributed by atoms with E-state index in [0.717, 1.165) is 30.7 Å². The third kappa shape index (κ3) is 1.73. The fourth-order valence-electron chi connectivity index (χ4n) is 2.07. The Kier molecular flexibility index (Phi) is 2.24. The molecule has 0 saturated carbocycles. The first-order valence-corrected chi connectivity index (χ1v) is 5.45. The summed E-state index contributed by atoms with van der Waals surface area (Å²) in [6.07, 6.45) is 11.7. The number of aromatic nitrogens is 1. The number of allylic oxidation sites excluding steroid dienone is 1. The van der Waals surface area contributed by atoms with Crippen LogP contribution in [0.5, 0.6) is 0 Å². The number of nitrogens with one attached hydrogen (secondary N) is 1. The van der Waals surface area contributed by atoms with Gasteiger partial charge in [0.05, 0.1) is 12.1 Å². The van der Waals surface area contributed by atoms with Gasteiger partial charge in [0.15, 0.2) is 6.20 Å². The minimum absolute atomic E-state index is 0.899. The van der Waals surface area contributed by atoms with E-state index in [0.29, 0.717) is 0 Å². The lowest BCUT2D eigenvalue weighted by Crippen LogP contribution is -2.01. The maximum Gasteiger partial charge on any atom is 0.253 e. The van der Waals surface area contributed by atoms with Crippen LogP contribution in [0, 0.1) is 0 Å². The Labute approximate surface area is 94.6 Å². The lowest BCUT2D eigenvalue weighted by molar-refractivity contribution is 0.869. The molecule has 0 fully saturated rings. The van der Waals surface area contributed by atoms with Crippen LogP contribution in [-0.2, 0) is 6.42 Å². The average molecular weight is 210 g/mol. The van der Waals surface area contributed by atoms with Crippen LogP contribution < -0.4 is 5.32 Å². The molecular formula is C13H12N3+. The summed E-state index contributed by atoms with van der Waals surface area (Å²) in [5.74, 6) is 0. The first-order chi connectivity index (χ1) is 7.92. The van der Waals surface area contributed by atoms with Crippen molar-refractivity contribution in [2.24, 2.45) is 4.99 Å². The molecular weight excluding hydrogens is 198 g/mol. The lowest BCUT2D eigenvalue weighted by Gasteiger charge is -2.13. The predicted molar refractivity (Wildman–Crippen MR) is 63.8 cm³/mol. The molecule has 1 aliphatic carbocycles. The van der Waals surface area contributed by atoms with E-state index in [-0.39, 0.29) is 0 Å². The van der Waals surface area contributed by atoms with Crippen molar-refractivity contribution in [1.82, 2.24) is 10.3 Å². The molecule has 1 N–H and O–H groups in total. The van der Waals surface area contributed by atoms with Crippen LogP contribution in [-0.4, -0.2) is 11.3 Å². The van der Waals surface area contributed by atoms with Gasteiger partial charge in [0.25, 0.3) is 6.34 Å². The third-order valence-corrected chi connectivity index (χ3v) is 2.89. The third-order valence-electron chi connectivity index (χ3n) is 2.89. The SMILES string of the molecule is [C+]1=NC(CC2=Cc3ncccc3CC2)=CN1. The van der Waals surface area contributed by atoms with Crippen LogP contribution in [0.1, 0.15) is 24.1 Å². The van der Waals surface area contributed by atoms with Gasteiger partial charge in [0.2, 0.25) is 5.70 Å². The summed E-state index contributed by atoms with van der Waals surface area (Å²) in [5, 5.41) is 2.86. The van der Waals surface area contributed by atoms with E-state index in [1.54, 1.807) is 0 Å². The Bertz CT molecular complexity index is 498. The van der Waals surface area contributed by atoms with Gasteiger partial charge in [0.1, 0.15) is 0 Å². The van der Waals surface area contributed by atoms with Gasteiger partial charge in [-0.25, -0.2) is 0 Å². The largest absolute Gasteiger partial charge is 0.257 e. The van der Waals surface area contributed by atoms with Crippen molar-refractivity contribution >= 4 is 12.4 Å². The molecule has 78 valence electrons. The topological polar surface area (TPSA) is 37.3 Å². The maximum atomic E-state index is 4.39. The Morgan fingerprint density at radius 1 is 1.38 bits per heavy atom. The number of nitrogens with zero attached hydrogens (tertiary/aromatic N) is 2. The number of aliphatic imine (C=N–C) groups is 1. The summed E-state index contributed by atoms with van der Waals surface area (Å²) in [4.78, 5) is 8.51. The van der Waals surface area contributed by atoms with Crippen LogP contribution in [0.3, 0.4) is 0 Å². The second kappa shape index (κ2) is 3.87. The van der Waals surface area contributed by atoms with Crippen LogP contribution >= 0.6 is 0 Å². The normalized spacial score (nSPS) is 17.0. The molecule has 0 radical (unpaired) electrons. The smallest absolute Gasteiger partial charge is 0.253 e. The fourth-order valence-corrected chi connectivity index (χ4v) is 2.07. The quantitative estimate of drug-likeness (QED) is 0.759. The molecule has 16 heavy (non-hydrogen) atoms. The number of fused-ring (bicyclic) bond motifs is 1. The molecule has 0 aromatic carbocycles. The van der Waals surface area contributed by atoms with Crippen LogP contribution in [0.15, 0.2) is 40.8 Å². The van der Waals surface area contributed by atoms with Gasteiger partial charge in [-0.15, -0.1) is 0 Å². The predicted octanol–water partition coefficient (Wildman–Crippen LogP) is 2.15. The molecule has 0 amide bonds. The monoisotopic (exact) mass is 210 g/mol. The molecule has 0 saturated heterocycles. The van der Waals surface area contributed by atoms with E-state index in [1.807, 2.05) is 18.5 Å². The standard InChI is InChI=1S/C13H12N3/c1-2-11-4-3-10(7-13(11)15-5-1)6-12-8-14-9-16-12/h1-2,5,7-8H,3-4,6H2,(H,14,16)/q+1. The fraction of sp³-hybridized carbons (Fsp3) is 0.231. The molecule has 2 aliphatic rings. The Hall–Kier alpha value is -1.99. The minimum Gasteiger partial charge on any atom is -0.257 e. The molecule has 1 aromatic rings. The highest BCUT2D eigenvalue weighted by atomic mass is 15.0. The van der Waals surface area contributed by atoms with E-state index in [2.05, 4.69) is 33.8 Å². The summed E-state index contributed by atoms with van der Waals surface area (Å²) in [6, 6.07) is 4.15. The van der Waals surface area contributed by atoms with Crippen LogP contribution in [0.25, 0.3) is 6.08 Å². The van der Waals surface area contributed by atoms with E-state index in [1.165, 1.54) is 11.1 Å². The second-order valence-electron chi connectivity index (χ2n) is 4.03. The molecule has 0 bridgehead atoms. The zero-order valence-electron chi connectivity index (χ0n) is 8.90. The van der Waals surface area contributed by atoms with Gasteiger partial charge in [0, 0.05) is 6.20 Å².